The molecule has 0 saturated carbocycles. The Bertz CT molecular complexity index is 916. The summed E-state index contributed by atoms with van der Waals surface area (Å²) in [5.41, 5.74) is 4.31. The maximum absolute atomic E-state index is 13.1. The number of rotatable bonds is 5. The molecule has 1 aliphatic heterocycles. The van der Waals surface area contributed by atoms with Gasteiger partial charge in [-0.15, -0.1) is 11.8 Å². The van der Waals surface area contributed by atoms with E-state index < -0.39 is 9.84 Å². The van der Waals surface area contributed by atoms with Crippen LogP contribution in [-0.4, -0.2) is 37.6 Å². The van der Waals surface area contributed by atoms with Crippen LogP contribution in [0.2, 0.25) is 0 Å². The third kappa shape index (κ3) is 4.74. The molecule has 1 aliphatic rings. The van der Waals surface area contributed by atoms with E-state index in [1.54, 1.807) is 4.90 Å². The van der Waals surface area contributed by atoms with Crippen molar-refractivity contribution < 1.29 is 13.2 Å². The van der Waals surface area contributed by atoms with Crippen molar-refractivity contribution in [3.05, 3.63) is 59.2 Å². The third-order valence-corrected chi connectivity index (χ3v) is 7.90. The van der Waals surface area contributed by atoms with Crippen molar-refractivity contribution in [3.63, 3.8) is 0 Å². The molecule has 1 unspecified atom stereocenters. The number of hydrogen-bond acceptors (Lipinski definition) is 4. The van der Waals surface area contributed by atoms with Crippen LogP contribution < -0.4 is 4.90 Å². The molecule has 1 heterocycles. The summed E-state index contributed by atoms with van der Waals surface area (Å²) < 4.78 is 23.9. The van der Waals surface area contributed by atoms with Crippen LogP contribution >= 0.6 is 11.8 Å². The molecule has 27 heavy (non-hydrogen) atoms. The number of carbonyl (C=O) groups excluding carboxylic acids is 1. The summed E-state index contributed by atoms with van der Waals surface area (Å²) >= 11 is 1.53. The second-order valence-corrected chi connectivity index (χ2v) is 10.4. The van der Waals surface area contributed by atoms with E-state index in [0.717, 1.165) is 10.6 Å². The van der Waals surface area contributed by atoms with Crippen molar-refractivity contribution in [2.75, 3.05) is 22.2 Å². The van der Waals surface area contributed by atoms with E-state index in [1.807, 2.05) is 30.3 Å². The van der Waals surface area contributed by atoms with E-state index >= 15 is 0 Å². The van der Waals surface area contributed by atoms with Crippen LogP contribution in [0.25, 0.3) is 0 Å². The maximum Gasteiger partial charge on any atom is 0.237 e. The van der Waals surface area contributed by atoms with Gasteiger partial charge in [0.15, 0.2) is 9.84 Å². The van der Waals surface area contributed by atoms with Crippen molar-refractivity contribution >= 4 is 33.2 Å². The Morgan fingerprint density at radius 3 is 2.30 bits per heavy atom. The first-order valence-electron chi connectivity index (χ1n) is 9.05. The molecule has 1 saturated heterocycles. The van der Waals surface area contributed by atoms with E-state index in [4.69, 9.17) is 0 Å². The minimum Gasteiger partial charge on any atom is -0.308 e. The fourth-order valence-corrected chi connectivity index (χ4v) is 6.40. The summed E-state index contributed by atoms with van der Waals surface area (Å²) in [5.74, 6) is 0.432. The highest BCUT2D eigenvalue weighted by molar-refractivity contribution is 8.00. The number of benzene rings is 2. The molecular formula is C21H25NO3S2. The van der Waals surface area contributed by atoms with Gasteiger partial charge in [-0.3, -0.25) is 4.79 Å². The van der Waals surface area contributed by atoms with Gasteiger partial charge >= 0.3 is 0 Å². The highest BCUT2D eigenvalue weighted by Crippen LogP contribution is 2.30. The molecule has 144 valence electrons. The van der Waals surface area contributed by atoms with Crippen LogP contribution in [0, 0.1) is 20.8 Å². The average molecular weight is 404 g/mol. The Hall–Kier alpha value is -1.79. The maximum atomic E-state index is 13.1. The minimum absolute atomic E-state index is 0.0425. The lowest BCUT2D eigenvalue weighted by atomic mass is 10.1. The molecule has 6 heteroatoms. The van der Waals surface area contributed by atoms with Gasteiger partial charge in [-0.2, -0.15) is 0 Å². The molecular weight excluding hydrogens is 378 g/mol. The van der Waals surface area contributed by atoms with E-state index in [2.05, 4.69) is 32.9 Å². The van der Waals surface area contributed by atoms with Crippen LogP contribution in [0.1, 0.15) is 23.1 Å². The predicted octanol–water partition coefficient (Wildman–Crippen LogP) is 3.92. The van der Waals surface area contributed by atoms with Crippen LogP contribution in [0.5, 0.6) is 0 Å². The van der Waals surface area contributed by atoms with Crippen molar-refractivity contribution in [1.82, 2.24) is 0 Å². The largest absolute Gasteiger partial charge is 0.308 e. The van der Waals surface area contributed by atoms with Crippen LogP contribution in [0.15, 0.2) is 47.4 Å². The van der Waals surface area contributed by atoms with E-state index in [9.17, 15) is 13.2 Å². The van der Waals surface area contributed by atoms with Gasteiger partial charge in [-0.1, -0.05) is 35.9 Å². The molecule has 1 atom stereocenters. The summed E-state index contributed by atoms with van der Waals surface area (Å²) in [4.78, 5) is 15.9. The lowest BCUT2D eigenvalue weighted by Crippen LogP contribution is -2.42. The highest BCUT2D eigenvalue weighted by atomic mass is 32.2. The molecule has 0 aromatic heterocycles. The zero-order chi connectivity index (χ0) is 19.6. The number of nitrogens with zero attached hydrogens (tertiary/aromatic N) is 1. The molecule has 2 aromatic rings. The second-order valence-electron chi connectivity index (χ2n) is 7.17. The quantitative estimate of drug-likeness (QED) is 0.710. The van der Waals surface area contributed by atoms with Crippen molar-refractivity contribution in [3.8, 4) is 0 Å². The molecule has 0 bridgehead atoms. The van der Waals surface area contributed by atoms with Gasteiger partial charge in [0.05, 0.1) is 23.3 Å². The first-order chi connectivity index (χ1) is 12.8. The predicted molar refractivity (Wildman–Crippen MR) is 112 cm³/mol. The Kier molecular flexibility index (Phi) is 5.96. The van der Waals surface area contributed by atoms with Crippen molar-refractivity contribution in [2.45, 2.75) is 38.1 Å². The Morgan fingerprint density at radius 1 is 1.11 bits per heavy atom. The summed E-state index contributed by atoms with van der Waals surface area (Å²) in [6.07, 6.45) is 0.496. The van der Waals surface area contributed by atoms with Crippen molar-refractivity contribution in [2.24, 2.45) is 0 Å². The summed E-state index contributed by atoms with van der Waals surface area (Å²) in [7, 11) is -3.07. The minimum atomic E-state index is -3.07. The Balaban J connectivity index is 1.82. The van der Waals surface area contributed by atoms with Gasteiger partial charge in [-0.25, -0.2) is 8.42 Å². The van der Waals surface area contributed by atoms with Gasteiger partial charge in [0, 0.05) is 10.6 Å². The zero-order valence-electron chi connectivity index (χ0n) is 15.9. The van der Waals surface area contributed by atoms with E-state index in [-0.39, 0.29) is 29.2 Å². The smallest absolute Gasteiger partial charge is 0.237 e. The summed E-state index contributed by atoms with van der Waals surface area (Å²) in [5, 5.41) is 0. The SMILES string of the molecule is Cc1cc(C)c(SCC(=O)N(c2ccccc2)C2CCS(=O)(=O)C2)c(C)c1. The third-order valence-electron chi connectivity index (χ3n) is 4.82. The van der Waals surface area contributed by atoms with Gasteiger partial charge in [0.2, 0.25) is 5.91 Å². The number of hydrogen-bond donors (Lipinski definition) is 0. The average Bonchev–Trinajstić information content (AvgIpc) is 2.94. The number of anilines is 1. The number of para-hydroxylation sites is 1. The molecule has 3 rings (SSSR count). The Labute approximate surface area is 165 Å². The van der Waals surface area contributed by atoms with Gasteiger partial charge < -0.3 is 4.90 Å². The number of amides is 1. The number of sulfone groups is 1. The molecule has 0 aliphatic carbocycles. The van der Waals surface area contributed by atoms with E-state index in [1.165, 1.54) is 28.5 Å². The topological polar surface area (TPSA) is 54.5 Å². The number of carbonyl (C=O) groups is 1. The lowest BCUT2D eigenvalue weighted by Gasteiger charge is -2.28. The number of aryl methyl sites for hydroxylation is 3. The fraction of sp³-hybridized carbons (Fsp3) is 0.381. The first-order valence-corrected chi connectivity index (χ1v) is 11.9. The zero-order valence-corrected chi connectivity index (χ0v) is 17.6. The molecule has 0 radical (unpaired) electrons. The summed E-state index contributed by atoms with van der Waals surface area (Å²) in [6, 6.07) is 13.3. The monoisotopic (exact) mass is 403 g/mol. The Morgan fingerprint density at radius 2 is 1.74 bits per heavy atom. The molecule has 4 nitrogen and oxygen atoms in total. The lowest BCUT2D eigenvalue weighted by molar-refractivity contribution is -0.116. The van der Waals surface area contributed by atoms with Crippen LogP contribution in [0.3, 0.4) is 0 Å². The fourth-order valence-electron chi connectivity index (χ4n) is 3.72. The molecule has 0 N–H and O–H groups in total. The van der Waals surface area contributed by atoms with Gasteiger partial charge in [0.1, 0.15) is 0 Å². The second kappa shape index (κ2) is 8.07. The molecule has 1 fully saturated rings. The van der Waals surface area contributed by atoms with Gasteiger partial charge in [-0.05, 0) is 50.5 Å². The van der Waals surface area contributed by atoms with E-state index in [0.29, 0.717) is 6.42 Å². The standard InChI is InChI=1S/C21H25NO3S2/c1-15-11-16(2)21(17(3)12-15)26-13-20(23)22(18-7-5-4-6-8-18)19-9-10-27(24,25)14-19/h4-8,11-12,19H,9-10,13-14H2,1-3H3. The normalized spacial score (nSPS) is 18.4. The van der Waals surface area contributed by atoms with Crippen molar-refractivity contribution in [1.29, 1.82) is 0 Å². The molecule has 2 aromatic carbocycles. The van der Waals surface area contributed by atoms with Crippen LogP contribution in [0.4, 0.5) is 5.69 Å². The van der Waals surface area contributed by atoms with Gasteiger partial charge in [0.25, 0.3) is 0 Å². The van der Waals surface area contributed by atoms with Crippen LogP contribution in [-0.2, 0) is 14.6 Å². The molecule has 0 spiro atoms. The highest BCUT2D eigenvalue weighted by Gasteiger charge is 2.35. The first kappa shape index (κ1) is 20.0. The number of thioether (sulfide) groups is 1. The molecule has 1 amide bonds. The summed E-state index contributed by atoms with van der Waals surface area (Å²) in [6.45, 7) is 6.19.